The fourth-order valence-corrected chi connectivity index (χ4v) is 1.57. The molecule has 2 aromatic heterocycles. The van der Waals surface area contributed by atoms with Crippen LogP contribution in [0.4, 0.5) is 0 Å². The molecule has 3 rings (SSSR count). The average Bonchev–Trinajstić information content (AvgIpc) is 2.84. The molecule has 0 atom stereocenters. The van der Waals surface area contributed by atoms with Crippen LogP contribution in [0.1, 0.15) is 41.9 Å². The van der Waals surface area contributed by atoms with E-state index in [4.69, 9.17) is 4.52 Å². The smallest absolute Gasteiger partial charge is 0.232 e. The van der Waals surface area contributed by atoms with E-state index in [9.17, 15) is 0 Å². The number of aromatic nitrogens is 4. The van der Waals surface area contributed by atoms with Crippen LogP contribution in [0.15, 0.2) is 10.6 Å². The van der Waals surface area contributed by atoms with Crippen molar-refractivity contribution >= 4 is 0 Å². The molecule has 2 aromatic rings. The Kier molecular flexibility index (Phi) is 1.83. The van der Waals surface area contributed by atoms with E-state index in [0.717, 1.165) is 17.2 Å². The Hall–Kier alpha value is -1.65. The summed E-state index contributed by atoms with van der Waals surface area (Å²) < 4.78 is 5.16. The van der Waals surface area contributed by atoms with Crippen molar-refractivity contribution in [2.75, 3.05) is 0 Å². The minimum atomic E-state index is 0.545. The molecule has 0 spiro atoms. The minimum Gasteiger partial charge on any atom is -0.339 e. The topological polar surface area (TPSA) is 67.6 Å². The lowest BCUT2D eigenvalue weighted by Crippen LogP contribution is -1.89. The molecule has 1 fully saturated rings. The zero-order valence-corrected chi connectivity index (χ0v) is 8.53. The zero-order chi connectivity index (χ0) is 10.3. The van der Waals surface area contributed by atoms with Gasteiger partial charge >= 0.3 is 0 Å². The number of hydrogen-bond donors (Lipinski definition) is 1. The van der Waals surface area contributed by atoms with Gasteiger partial charge in [0.15, 0.2) is 5.82 Å². The van der Waals surface area contributed by atoms with Crippen molar-refractivity contribution in [2.24, 2.45) is 0 Å². The maximum atomic E-state index is 5.16. The molecule has 1 saturated carbocycles. The van der Waals surface area contributed by atoms with E-state index in [1.807, 2.05) is 13.0 Å². The van der Waals surface area contributed by atoms with Crippen molar-refractivity contribution < 1.29 is 4.52 Å². The van der Waals surface area contributed by atoms with Gasteiger partial charge in [-0.15, -0.1) is 0 Å². The van der Waals surface area contributed by atoms with Crippen LogP contribution in [0.2, 0.25) is 0 Å². The molecule has 1 aliphatic carbocycles. The van der Waals surface area contributed by atoms with Crippen LogP contribution in [0.25, 0.3) is 0 Å². The van der Waals surface area contributed by atoms with Gasteiger partial charge in [-0.2, -0.15) is 10.1 Å². The van der Waals surface area contributed by atoms with Gasteiger partial charge in [0.1, 0.15) is 0 Å². The lowest BCUT2D eigenvalue weighted by atomic mass is 10.3. The first-order valence-corrected chi connectivity index (χ1v) is 5.14. The van der Waals surface area contributed by atoms with E-state index < -0.39 is 0 Å². The Balaban J connectivity index is 1.75. The molecular weight excluding hydrogens is 192 g/mol. The normalized spacial score (nSPS) is 15.8. The SMILES string of the molecule is Cc1cc(Cc2nc(C3CC3)no2)n[nH]1. The average molecular weight is 204 g/mol. The van der Waals surface area contributed by atoms with Crippen molar-refractivity contribution in [3.63, 3.8) is 0 Å². The van der Waals surface area contributed by atoms with Gasteiger partial charge < -0.3 is 4.52 Å². The highest BCUT2D eigenvalue weighted by atomic mass is 16.5. The van der Waals surface area contributed by atoms with Crippen LogP contribution in [-0.4, -0.2) is 20.3 Å². The molecule has 0 aliphatic heterocycles. The van der Waals surface area contributed by atoms with Crippen LogP contribution in [-0.2, 0) is 6.42 Å². The molecule has 0 radical (unpaired) electrons. The summed E-state index contributed by atoms with van der Waals surface area (Å²) in [6, 6.07) is 1.99. The van der Waals surface area contributed by atoms with E-state index in [1.165, 1.54) is 12.8 Å². The summed E-state index contributed by atoms with van der Waals surface area (Å²) in [6.07, 6.45) is 3.00. The third-order valence-electron chi connectivity index (χ3n) is 2.52. The number of aromatic amines is 1. The second kappa shape index (κ2) is 3.18. The molecule has 0 unspecified atom stereocenters. The summed E-state index contributed by atoms with van der Waals surface area (Å²) in [4.78, 5) is 4.35. The Bertz CT molecular complexity index is 469. The van der Waals surface area contributed by atoms with Crippen LogP contribution in [0, 0.1) is 6.92 Å². The largest absolute Gasteiger partial charge is 0.339 e. The third-order valence-corrected chi connectivity index (χ3v) is 2.52. The molecular formula is C10H12N4O. The van der Waals surface area contributed by atoms with E-state index >= 15 is 0 Å². The van der Waals surface area contributed by atoms with Crippen LogP contribution in [0.5, 0.6) is 0 Å². The summed E-state index contributed by atoms with van der Waals surface area (Å²) in [7, 11) is 0. The van der Waals surface area contributed by atoms with Crippen molar-refractivity contribution in [1.82, 2.24) is 20.3 Å². The summed E-state index contributed by atoms with van der Waals surface area (Å²) >= 11 is 0. The molecule has 5 nitrogen and oxygen atoms in total. The number of H-pyrrole nitrogens is 1. The van der Waals surface area contributed by atoms with Gasteiger partial charge in [-0.25, -0.2) is 0 Å². The number of hydrogen-bond acceptors (Lipinski definition) is 4. The first kappa shape index (κ1) is 8.64. The minimum absolute atomic E-state index is 0.545. The van der Waals surface area contributed by atoms with Crippen LogP contribution >= 0.6 is 0 Å². The Labute approximate surface area is 86.9 Å². The van der Waals surface area contributed by atoms with Crippen molar-refractivity contribution in [3.05, 3.63) is 29.2 Å². The summed E-state index contributed by atoms with van der Waals surface area (Å²) in [5.74, 6) is 2.06. The Morgan fingerprint density at radius 2 is 2.40 bits per heavy atom. The molecule has 78 valence electrons. The maximum Gasteiger partial charge on any atom is 0.232 e. The van der Waals surface area contributed by atoms with Gasteiger partial charge in [-0.1, -0.05) is 5.16 Å². The summed E-state index contributed by atoms with van der Waals surface area (Å²) in [5.41, 5.74) is 1.99. The predicted octanol–water partition coefficient (Wildman–Crippen LogP) is 1.57. The highest BCUT2D eigenvalue weighted by Gasteiger charge is 2.28. The van der Waals surface area contributed by atoms with E-state index in [0.29, 0.717) is 18.2 Å². The van der Waals surface area contributed by atoms with E-state index in [1.54, 1.807) is 0 Å². The number of rotatable bonds is 3. The molecule has 0 bridgehead atoms. The Morgan fingerprint density at radius 1 is 1.53 bits per heavy atom. The van der Waals surface area contributed by atoms with E-state index in [2.05, 4.69) is 20.3 Å². The molecule has 1 aliphatic rings. The fraction of sp³-hybridized carbons (Fsp3) is 0.500. The van der Waals surface area contributed by atoms with E-state index in [-0.39, 0.29) is 0 Å². The second-order valence-corrected chi connectivity index (χ2v) is 4.04. The quantitative estimate of drug-likeness (QED) is 0.824. The molecule has 5 heteroatoms. The fourth-order valence-electron chi connectivity index (χ4n) is 1.57. The molecule has 15 heavy (non-hydrogen) atoms. The lowest BCUT2D eigenvalue weighted by Gasteiger charge is -1.86. The predicted molar refractivity (Wildman–Crippen MR) is 52.4 cm³/mol. The maximum absolute atomic E-state index is 5.16. The first-order chi connectivity index (χ1) is 7.31. The Morgan fingerprint density at radius 3 is 3.07 bits per heavy atom. The molecule has 0 amide bonds. The standard InChI is InChI=1S/C10H12N4O/c1-6-4-8(13-12-6)5-9-11-10(14-15-9)7-2-3-7/h4,7H,2-3,5H2,1H3,(H,12,13). The molecule has 0 saturated heterocycles. The molecule has 0 aromatic carbocycles. The van der Waals surface area contributed by atoms with Gasteiger partial charge in [0, 0.05) is 11.6 Å². The van der Waals surface area contributed by atoms with Crippen molar-refractivity contribution in [1.29, 1.82) is 0 Å². The number of nitrogens with one attached hydrogen (secondary N) is 1. The van der Waals surface area contributed by atoms with Gasteiger partial charge in [0.25, 0.3) is 0 Å². The number of aryl methyl sites for hydroxylation is 1. The van der Waals surface area contributed by atoms with Crippen LogP contribution in [0.3, 0.4) is 0 Å². The van der Waals surface area contributed by atoms with Gasteiger partial charge in [0.2, 0.25) is 5.89 Å². The zero-order valence-electron chi connectivity index (χ0n) is 8.53. The molecule has 2 heterocycles. The summed E-state index contributed by atoms with van der Waals surface area (Å²) in [6.45, 7) is 1.97. The highest BCUT2D eigenvalue weighted by molar-refractivity contribution is 5.12. The van der Waals surface area contributed by atoms with Gasteiger partial charge in [-0.3, -0.25) is 5.10 Å². The second-order valence-electron chi connectivity index (χ2n) is 4.04. The van der Waals surface area contributed by atoms with Crippen molar-refractivity contribution in [3.8, 4) is 0 Å². The van der Waals surface area contributed by atoms with Crippen molar-refractivity contribution in [2.45, 2.75) is 32.1 Å². The summed E-state index contributed by atoms with van der Waals surface area (Å²) in [5, 5.41) is 11.0. The number of nitrogens with zero attached hydrogens (tertiary/aromatic N) is 3. The van der Waals surface area contributed by atoms with Gasteiger partial charge in [-0.05, 0) is 25.8 Å². The molecule has 1 N–H and O–H groups in total. The van der Waals surface area contributed by atoms with Crippen LogP contribution < -0.4 is 0 Å². The monoisotopic (exact) mass is 204 g/mol. The third kappa shape index (κ3) is 1.77. The lowest BCUT2D eigenvalue weighted by molar-refractivity contribution is 0.378. The highest BCUT2D eigenvalue weighted by Crippen LogP contribution is 2.38. The van der Waals surface area contributed by atoms with Gasteiger partial charge in [0.05, 0.1) is 12.1 Å². The first-order valence-electron chi connectivity index (χ1n) is 5.14.